The van der Waals surface area contributed by atoms with Gasteiger partial charge in [0, 0.05) is 33.7 Å². The summed E-state index contributed by atoms with van der Waals surface area (Å²) in [5.74, 6) is -2.90. The molecule has 0 spiro atoms. The Morgan fingerprint density at radius 1 is 0.466 bits per heavy atom. The number of nitrogens with two attached hydrogens (primary N) is 1. The Morgan fingerprint density at radius 3 is 1.60 bits per heavy atom. The normalized spacial score (nSPS) is 13.4. The van der Waals surface area contributed by atoms with Gasteiger partial charge in [0.25, 0.3) is 50.6 Å². The number of phenolic OH excluding ortho intramolecular Hbond substituents is 3. The van der Waals surface area contributed by atoms with Crippen LogP contribution in [-0.2, 0) is 50.6 Å². The van der Waals surface area contributed by atoms with E-state index in [9.17, 15) is 80.2 Å². The molecule has 0 radical (unpaired) electrons. The minimum absolute atomic E-state index is 0.00131. The van der Waals surface area contributed by atoms with Crippen LogP contribution in [0.15, 0.2) is 112 Å². The Bertz CT molecular complexity index is 3470. The molecule has 23 nitrogen and oxygen atoms in total. The molecule has 10 N–H and O–H groups in total. The van der Waals surface area contributed by atoms with Crippen LogP contribution in [0.25, 0.3) is 32.3 Å². The maximum absolute atomic E-state index is 12.5. The zero-order chi connectivity index (χ0) is 43.1. The van der Waals surface area contributed by atoms with Crippen LogP contribution in [0, 0.1) is 0 Å². The van der Waals surface area contributed by atoms with Crippen LogP contribution in [0.5, 0.6) is 17.2 Å². The van der Waals surface area contributed by atoms with E-state index in [0.29, 0.717) is 24.3 Å². The summed E-state index contributed by atoms with van der Waals surface area (Å²) in [6, 6.07) is 9.18. The van der Waals surface area contributed by atoms with Gasteiger partial charge in [-0.2, -0.15) is 47.2 Å². The quantitative estimate of drug-likeness (QED) is 0.0528. The average Bonchev–Trinajstić information content (AvgIpc) is 3.08. The van der Waals surface area contributed by atoms with Crippen molar-refractivity contribution in [2.24, 2.45) is 20.5 Å². The number of azo groups is 2. The molecular formula is C30H21N5O18S5. The summed E-state index contributed by atoms with van der Waals surface area (Å²) < 4.78 is 171. The Kier molecular flexibility index (Phi) is 9.96. The third-order valence-electron chi connectivity index (χ3n) is 8.16. The number of aromatic hydroxyl groups is 3. The fourth-order valence-electron chi connectivity index (χ4n) is 5.67. The predicted octanol–water partition coefficient (Wildman–Crippen LogP) is 4.91. The molecule has 0 unspecified atom stereocenters. The highest BCUT2D eigenvalue weighted by Crippen LogP contribution is 2.49. The van der Waals surface area contributed by atoms with E-state index < -0.39 is 137 Å². The van der Waals surface area contributed by atoms with Gasteiger partial charge in [-0.25, -0.2) is 0 Å². The molecule has 304 valence electrons. The molecule has 6 aromatic rings. The summed E-state index contributed by atoms with van der Waals surface area (Å²) in [6.45, 7) is 0. The summed E-state index contributed by atoms with van der Waals surface area (Å²) in [6.07, 6.45) is 0. The Balaban J connectivity index is 1.59. The second-order valence-corrected chi connectivity index (χ2v) is 18.9. The van der Waals surface area contributed by atoms with Gasteiger partial charge in [0.1, 0.15) is 43.2 Å². The van der Waals surface area contributed by atoms with Gasteiger partial charge in [-0.05, 0) is 53.9 Å². The molecule has 0 atom stereocenters. The van der Waals surface area contributed by atoms with Crippen LogP contribution in [-0.4, -0.2) is 80.2 Å². The molecular weight excluding hydrogens is 879 g/mol. The number of phenols is 3. The van der Waals surface area contributed by atoms with Crippen LogP contribution in [0.4, 0.5) is 28.4 Å². The highest BCUT2D eigenvalue weighted by Gasteiger charge is 2.30. The first-order chi connectivity index (χ1) is 26.6. The minimum atomic E-state index is -5.55. The molecule has 28 heteroatoms. The van der Waals surface area contributed by atoms with Crippen molar-refractivity contribution in [1.29, 1.82) is 0 Å². The molecule has 0 saturated heterocycles. The van der Waals surface area contributed by atoms with Gasteiger partial charge in [-0.3, -0.25) is 22.8 Å². The second kappa shape index (κ2) is 13.9. The number of benzene rings is 6. The molecule has 58 heavy (non-hydrogen) atoms. The Morgan fingerprint density at radius 2 is 1.03 bits per heavy atom. The summed E-state index contributed by atoms with van der Waals surface area (Å²) in [4.78, 5) is -5.51. The Hall–Kier alpha value is -5.95. The predicted molar refractivity (Wildman–Crippen MR) is 199 cm³/mol. The van der Waals surface area contributed by atoms with Crippen LogP contribution < -0.4 is 5.73 Å². The van der Waals surface area contributed by atoms with Crippen LogP contribution >= 0.6 is 0 Å². The molecule has 0 aliphatic rings. The van der Waals surface area contributed by atoms with E-state index in [1.54, 1.807) is 0 Å². The number of nitrogens with zero attached hydrogens (tertiary/aromatic N) is 4. The molecule has 0 fully saturated rings. The van der Waals surface area contributed by atoms with E-state index in [1.807, 2.05) is 0 Å². The summed E-state index contributed by atoms with van der Waals surface area (Å²) >= 11 is 0. The maximum Gasteiger partial charge on any atom is 0.297 e. The van der Waals surface area contributed by atoms with Gasteiger partial charge >= 0.3 is 0 Å². The summed E-state index contributed by atoms with van der Waals surface area (Å²) in [5, 5.41) is 44.1. The molecule has 0 aliphatic carbocycles. The van der Waals surface area contributed by atoms with Crippen molar-refractivity contribution in [2.75, 3.05) is 5.73 Å². The summed E-state index contributed by atoms with van der Waals surface area (Å²) in [5.41, 5.74) is 2.59. The zero-order valence-electron chi connectivity index (χ0n) is 27.9. The molecule has 0 heterocycles. The van der Waals surface area contributed by atoms with Crippen molar-refractivity contribution in [1.82, 2.24) is 0 Å². The van der Waals surface area contributed by atoms with Crippen molar-refractivity contribution in [3.05, 3.63) is 66.7 Å². The topological polar surface area (TPSA) is 408 Å². The lowest BCUT2D eigenvalue weighted by atomic mass is 10.0. The van der Waals surface area contributed by atoms with Gasteiger partial charge in [-0.1, -0.05) is 6.07 Å². The van der Waals surface area contributed by atoms with E-state index in [4.69, 9.17) is 5.73 Å². The van der Waals surface area contributed by atoms with Crippen LogP contribution in [0.1, 0.15) is 0 Å². The van der Waals surface area contributed by atoms with Crippen LogP contribution in [0.3, 0.4) is 0 Å². The zero-order valence-corrected chi connectivity index (χ0v) is 32.0. The molecule has 6 rings (SSSR count). The lowest BCUT2D eigenvalue weighted by molar-refractivity contribution is 0.470. The van der Waals surface area contributed by atoms with E-state index in [0.717, 1.165) is 24.3 Å². The number of rotatable bonds is 9. The van der Waals surface area contributed by atoms with Crippen molar-refractivity contribution in [3.63, 3.8) is 0 Å². The second-order valence-electron chi connectivity index (χ2n) is 11.9. The average molecular weight is 900 g/mol. The van der Waals surface area contributed by atoms with E-state index in [2.05, 4.69) is 20.5 Å². The summed E-state index contributed by atoms with van der Waals surface area (Å²) in [7, 11) is -26.2. The van der Waals surface area contributed by atoms with Crippen molar-refractivity contribution >= 4 is 111 Å². The first-order valence-corrected chi connectivity index (χ1v) is 22.2. The number of hydrogen-bond acceptors (Lipinski definition) is 18. The standard InChI is InChI=1S/C30H21N5O18S5/c31-27-21(34-32-13-2-1-12-5-14(54(39,40)41)8-23(37)17(12)6-13)11-24(56(45,46)47)19-10-25(57(48,49)50)28(29(38)26(19)27)35-33-20-4-3-16-18(30(20)58(51,52)53)7-15(9-22(16)36)55(42,43)44/h1-11,36-38H,31H2,(H,39,40,41)(H,42,43,44)(H,45,46,47)(H,48,49,50)(H,51,52,53). The lowest BCUT2D eigenvalue weighted by Gasteiger charge is -2.14. The highest BCUT2D eigenvalue weighted by atomic mass is 32.2. The van der Waals surface area contributed by atoms with Crippen molar-refractivity contribution in [3.8, 4) is 17.2 Å². The molecule has 0 aliphatic heterocycles. The molecule has 0 aromatic heterocycles. The number of nitrogen functional groups attached to an aromatic ring is 1. The monoisotopic (exact) mass is 899 g/mol. The van der Waals surface area contributed by atoms with Crippen molar-refractivity contribution in [2.45, 2.75) is 24.5 Å². The Labute approximate surface area is 324 Å². The van der Waals surface area contributed by atoms with Gasteiger partial charge < -0.3 is 21.1 Å². The molecule has 6 aromatic carbocycles. The lowest BCUT2D eigenvalue weighted by Crippen LogP contribution is -2.04. The number of hydrogen-bond donors (Lipinski definition) is 9. The molecule has 0 saturated carbocycles. The van der Waals surface area contributed by atoms with Gasteiger partial charge in [0.05, 0.1) is 26.6 Å². The minimum Gasteiger partial charge on any atom is -0.507 e. The first-order valence-electron chi connectivity index (χ1n) is 15.0. The fraction of sp³-hybridized carbons (Fsp3) is 0. The number of fused-ring (bicyclic) bond motifs is 3. The van der Waals surface area contributed by atoms with Crippen LogP contribution in [0.2, 0.25) is 0 Å². The van der Waals surface area contributed by atoms with E-state index in [-0.39, 0.29) is 16.5 Å². The highest BCUT2D eigenvalue weighted by molar-refractivity contribution is 7.87. The van der Waals surface area contributed by atoms with Gasteiger partial charge in [0.2, 0.25) is 0 Å². The van der Waals surface area contributed by atoms with Crippen molar-refractivity contribution < 1.29 is 80.2 Å². The third-order valence-corrected chi connectivity index (χ3v) is 12.5. The van der Waals surface area contributed by atoms with Gasteiger partial charge in [-0.15, -0.1) is 15.3 Å². The maximum atomic E-state index is 12.5. The third kappa shape index (κ3) is 7.83. The number of anilines is 1. The first kappa shape index (κ1) is 41.7. The van der Waals surface area contributed by atoms with Gasteiger partial charge in [0.15, 0.2) is 5.75 Å². The molecule has 0 bridgehead atoms. The smallest absolute Gasteiger partial charge is 0.297 e. The van der Waals surface area contributed by atoms with E-state index in [1.165, 1.54) is 18.2 Å². The van der Waals surface area contributed by atoms with E-state index >= 15 is 0 Å². The molecule has 0 amide bonds. The SMILES string of the molecule is Nc1c(N=Nc2ccc3cc(S(=O)(=O)O)cc(O)c3c2)cc(S(=O)(=O)O)c2cc(S(=O)(=O)O)c(N=Nc3ccc4c(O)cc(S(=O)(=O)O)cc4c3S(=O)(=O)O)c(O)c12. The fourth-order valence-corrected chi connectivity index (χ4v) is 8.91. The largest absolute Gasteiger partial charge is 0.507 e.